The minimum absolute atomic E-state index is 0.106. The van der Waals surface area contributed by atoms with Crippen LogP contribution in [0.4, 0.5) is 5.69 Å². The third-order valence-electron chi connectivity index (χ3n) is 6.49. The Kier molecular flexibility index (Phi) is 6.68. The monoisotopic (exact) mass is 500 g/mol. The van der Waals surface area contributed by atoms with Crippen molar-refractivity contribution in [1.82, 2.24) is 5.16 Å². The van der Waals surface area contributed by atoms with Crippen LogP contribution in [0.5, 0.6) is 0 Å². The van der Waals surface area contributed by atoms with Crippen molar-refractivity contribution in [3.05, 3.63) is 69.4 Å². The number of anilines is 1. The molecule has 1 aromatic heterocycles. The molecule has 3 N–H and O–H groups in total. The second-order valence-corrected chi connectivity index (χ2v) is 9.59. The number of halogens is 2. The predicted molar refractivity (Wildman–Crippen MR) is 133 cm³/mol. The molecule has 1 aliphatic carbocycles. The molecular formula is C25H26Cl2N4O3. The summed E-state index contributed by atoms with van der Waals surface area (Å²) in [5.74, 6) is 1.39. The maximum Gasteiger partial charge on any atom is 0.170 e. The molecule has 178 valence electrons. The summed E-state index contributed by atoms with van der Waals surface area (Å²) in [6.45, 7) is 2.12. The Balaban J connectivity index is 1.27. The first-order valence-electron chi connectivity index (χ1n) is 11.4. The fourth-order valence-corrected chi connectivity index (χ4v) is 5.03. The first kappa shape index (κ1) is 23.0. The number of benzene rings is 2. The van der Waals surface area contributed by atoms with Crippen LogP contribution in [-0.4, -0.2) is 35.4 Å². The van der Waals surface area contributed by atoms with E-state index in [9.17, 15) is 0 Å². The molecule has 0 spiro atoms. The molecule has 0 bridgehead atoms. The van der Waals surface area contributed by atoms with Gasteiger partial charge in [0.15, 0.2) is 5.84 Å². The number of amidine groups is 1. The van der Waals surface area contributed by atoms with Crippen LogP contribution in [0.3, 0.4) is 0 Å². The first-order valence-corrected chi connectivity index (χ1v) is 12.2. The number of ether oxygens (including phenoxy) is 1. The summed E-state index contributed by atoms with van der Waals surface area (Å²) in [4.78, 5) is 2.29. The smallest absolute Gasteiger partial charge is 0.170 e. The highest BCUT2D eigenvalue weighted by Gasteiger charge is 2.34. The van der Waals surface area contributed by atoms with Crippen molar-refractivity contribution in [1.29, 1.82) is 0 Å². The molecule has 1 aliphatic heterocycles. The third-order valence-corrected chi connectivity index (χ3v) is 7.12. The molecule has 0 atom stereocenters. The second kappa shape index (κ2) is 9.86. The Morgan fingerprint density at radius 1 is 1.12 bits per heavy atom. The van der Waals surface area contributed by atoms with Crippen LogP contribution >= 0.6 is 23.2 Å². The summed E-state index contributed by atoms with van der Waals surface area (Å²) in [6, 6.07) is 13.2. The van der Waals surface area contributed by atoms with Gasteiger partial charge in [0.2, 0.25) is 0 Å². The summed E-state index contributed by atoms with van der Waals surface area (Å²) < 4.78 is 12.1. The summed E-state index contributed by atoms with van der Waals surface area (Å²) in [6.07, 6.45) is 4.10. The zero-order valence-corrected chi connectivity index (χ0v) is 20.1. The third kappa shape index (κ3) is 4.73. The number of rotatable bonds is 7. The van der Waals surface area contributed by atoms with Crippen LogP contribution in [0, 0.1) is 0 Å². The standard InChI is InChI=1S/C25H26Cl2N4O3/c26-20-5-2-6-21(27)22(20)23-19(24(34-30-23)15-7-8-15)14-33-18-9-11-31(12-10-18)17-4-1-3-16(13-17)25(28)29-32/h1-6,13,15,18,32H,7-12,14H2,(H2,28,29). The lowest BCUT2D eigenvalue weighted by Crippen LogP contribution is -2.37. The van der Waals surface area contributed by atoms with Crippen LogP contribution in [-0.2, 0) is 11.3 Å². The molecule has 1 saturated heterocycles. The molecule has 2 aromatic carbocycles. The number of hydrogen-bond acceptors (Lipinski definition) is 6. The molecule has 34 heavy (non-hydrogen) atoms. The predicted octanol–water partition coefficient (Wildman–Crippen LogP) is 5.81. The Morgan fingerprint density at radius 2 is 1.82 bits per heavy atom. The van der Waals surface area contributed by atoms with Crippen molar-refractivity contribution in [2.24, 2.45) is 10.9 Å². The molecular weight excluding hydrogens is 475 g/mol. The molecule has 9 heteroatoms. The highest BCUT2D eigenvalue weighted by Crippen LogP contribution is 2.46. The van der Waals surface area contributed by atoms with Crippen LogP contribution in [0.1, 0.15) is 48.5 Å². The van der Waals surface area contributed by atoms with Crippen LogP contribution < -0.4 is 10.6 Å². The number of piperidine rings is 1. The average Bonchev–Trinajstić information content (AvgIpc) is 3.63. The lowest BCUT2D eigenvalue weighted by Gasteiger charge is -2.33. The highest BCUT2D eigenvalue weighted by molar-refractivity contribution is 6.39. The number of aromatic nitrogens is 1. The van der Waals surface area contributed by atoms with Gasteiger partial charge in [-0.05, 0) is 49.9 Å². The maximum absolute atomic E-state index is 8.95. The van der Waals surface area contributed by atoms with Gasteiger partial charge in [-0.1, -0.05) is 51.7 Å². The summed E-state index contributed by atoms with van der Waals surface area (Å²) in [7, 11) is 0. The van der Waals surface area contributed by atoms with Crippen LogP contribution in [0.25, 0.3) is 11.3 Å². The van der Waals surface area contributed by atoms with Gasteiger partial charge in [0, 0.05) is 41.4 Å². The summed E-state index contributed by atoms with van der Waals surface area (Å²) >= 11 is 12.9. The van der Waals surface area contributed by atoms with Gasteiger partial charge in [0.25, 0.3) is 0 Å². The topological polar surface area (TPSA) is 97.1 Å². The molecule has 0 amide bonds. The van der Waals surface area contributed by atoms with Gasteiger partial charge in [0.05, 0.1) is 22.8 Å². The maximum atomic E-state index is 8.95. The quantitative estimate of drug-likeness (QED) is 0.184. The lowest BCUT2D eigenvalue weighted by atomic mass is 10.0. The van der Waals surface area contributed by atoms with Gasteiger partial charge < -0.3 is 25.1 Å². The van der Waals surface area contributed by atoms with E-state index < -0.39 is 0 Å². The van der Waals surface area contributed by atoms with Crippen molar-refractivity contribution in [2.75, 3.05) is 18.0 Å². The molecule has 2 fully saturated rings. The lowest BCUT2D eigenvalue weighted by molar-refractivity contribution is 0.0246. The van der Waals surface area contributed by atoms with Crippen molar-refractivity contribution in [3.8, 4) is 11.3 Å². The largest absolute Gasteiger partial charge is 0.409 e. The number of nitrogens with two attached hydrogens (primary N) is 1. The van der Waals surface area contributed by atoms with Crippen molar-refractivity contribution < 1.29 is 14.5 Å². The minimum atomic E-state index is 0.106. The minimum Gasteiger partial charge on any atom is -0.409 e. The van der Waals surface area contributed by atoms with E-state index >= 15 is 0 Å². The van der Waals surface area contributed by atoms with Gasteiger partial charge in [-0.3, -0.25) is 0 Å². The Bertz CT molecular complexity index is 1180. The molecule has 7 nitrogen and oxygen atoms in total. The average molecular weight is 501 g/mol. The Hall–Kier alpha value is -2.74. The summed E-state index contributed by atoms with van der Waals surface area (Å²) in [5.41, 5.74) is 9.81. The molecule has 2 heterocycles. The zero-order chi connectivity index (χ0) is 23.7. The summed E-state index contributed by atoms with van der Waals surface area (Å²) in [5, 5.41) is 17.5. The van der Waals surface area contributed by atoms with Gasteiger partial charge >= 0.3 is 0 Å². The number of nitrogens with zero attached hydrogens (tertiary/aromatic N) is 3. The normalized spacial score (nSPS) is 17.4. The Labute approximate surface area is 208 Å². The molecule has 0 radical (unpaired) electrons. The molecule has 0 unspecified atom stereocenters. The number of oxime groups is 1. The fraction of sp³-hybridized carbons (Fsp3) is 0.360. The van der Waals surface area contributed by atoms with Gasteiger partial charge in [-0.15, -0.1) is 0 Å². The highest BCUT2D eigenvalue weighted by atomic mass is 35.5. The van der Waals surface area contributed by atoms with Gasteiger partial charge in [0.1, 0.15) is 11.5 Å². The number of hydrogen-bond donors (Lipinski definition) is 2. The van der Waals surface area contributed by atoms with E-state index in [1.165, 1.54) is 0 Å². The zero-order valence-electron chi connectivity index (χ0n) is 18.6. The van der Waals surface area contributed by atoms with Crippen molar-refractivity contribution in [3.63, 3.8) is 0 Å². The van der Waals surface area contributed by atoms with Crippen LogP contribution in [0.2, 0.25) is 10.0 Å². The van der Waals surface area contributed by atoms with E-state index in [-0.39, 0.29) is 11.9 Å². The second-order valence-electron chi connectivity index (χ2n) is 8.78. The van der Waals surface area contributed by atoms with Gasteiger partial charge in [-0.25, -0.2) is 0 Å². The van der Waals surface area contributed by atoms with Crippen molar-refractivity contribution >= 4 is 34.7 Å². The van der Waals surface area contributed by atoms with E-state index in [1.807, 2.05) is 42.5 Å². The first-order chi connectivity index (χ1) is 16.5. The van der Waals surface area contributed by atoms with E-state index in [1.54, 1.807) is 0 Å². The molecule has 2 aliphatic rings. The fourth-order valence-electron chi connectivity index (χ4n) is 4.45. The van der Waals surface area contributed by atoms with Gasteiger partial charge in [-0.2, -0.15) is 0 Å². The van der Waals surface area contributed by atoms with Crippen molar-refractivity contribution in [2.45, 2.75) is 44.3 Å². The van der Waals surface area contributed by atoms with E-state index in [2.05, 4.69) is 15.2 Å². The Morgan fingerprint density at radius 3 is 2.50 bits per heavy atom. The SMILES string of the molecule is NC(=NO)c1cccc(N2CCC(OCc3c(-c4c(Cl)cccc4Cl)noc3C3CC3)CC2)c1. The van der Waals surface area contributed by atoms with E-state index in [4.69, 9.17) is 43.4 Å². The molecule has 3 aromatic rings. The molecule has 1 saturated carbocycles. The van der Waals surface area contributed by atoms with E-state index in [0.717, 1.165) is 55.8 Å². The molecule has 5 rings (SSSR count). The van der Waals surface area contributed by atoms with E-state index in [0.29, 0.717) is 39.4 Å². The van der Waals surface area contributed by atoms with Crippen LogP contribution in [0.15, 0.2) is 52.1 Å².